The molecule has 0 aliphatic heterocycles. The highest BCUT2D eigenvalue weighted by Crippen LogP contribution is 2.41. The van der Waals surface area contributed by atoms with E-state index >= 15 is 0 Å². The number of fused-ring (bicyclic) bond motifs is 1. The maximum atomic E-state index is 12.3. The second-order valence-electron chi connectivity index (χ2n) is 8.78. The number of carbonyl (C=O) groups excluding carboxylic acids is 1. The number of amides is 1. The van der Waals surface area contributed by atoms with Crippen LogP contribution in [-0.2, 0) is 16.3 Å². The molecule has 4 rings (SSSR count). The standard InChI is InChI=1S/C26H31N3O4/c1-19(30)29(31,33-27)26(21-9-4-2-3-5-10-21)22-13-16-24(17-14-22)32-18-23-15-12-20-8-6-7-11-25(20)28-23/h6-8,11-17,21,26-27,31H,2-5,9-10,18H2,1H3/q+1. The number of quaternary nitrogens is 1. The molecular formula is C26H31N3O4+. The summed E-state index contributed by atoms with van der Waals surface area (Å²) in [5.74, 6) is 7.57. The average molecular weight is 450 g/mol. The van der Waals surface area contributed by atoms with E-state index < -0.39 is 16.8 Å². The Labute approximate surface area is 194 Å². The van der Waals surface area contributed by atoms with Gasteiger partial charge in [0.1, 0.15) is 12.4 Å². The maximum Gasteiger partial charge on any atom is 0.378 e. The summed E-state index contributed by atoms with van der Waals surface area (Å²) in [7, 11) is 0. The Kier molecular flexibility index (Phi) is 7.35. The lowest BCUT2D eigenvalue weighted by atomic mass is 9.86. The minimum Gasteiger partial charge on any atom is -0.487 e. The van der Waals surface area contributed by atoms with Crippen LogP contribution < -0.4 is 10.6 Å². The molecule has 2 atom stereocenters. The monoisotopic (exact) mass is 449 g/mol. The highest BCUT2D eigenvalue weighted by molar-refractivity contribution is 5.78. The van der Waals surface area contributed by atoms with Crippen LogP contribution in [0, 0.1) is 5.92 Å². The molecule has 1 fully saturated rings. The molecule has 173 valence electrons. The molecule has 2 unspecified atom stereocenters. The largest absolute Gasteiger partial charge is 0.487 e. The number of para-hydroxylation sites is 1. The number of aromatic nitrogens is 1. The number of hydrogen-bond donors (Lipinski definition) is 1. The number of ether oxygens (including phenoxy) is 1. The van der Waals surface area contributed by atoms with Gasteiger partial charge in [-0.25, -0.2) is 9.78 Å². The number of benzene rings is 2. The van der Waals surface area contributed by atoms with E-state index in [-0.39, 0.29) is 5.92 Å². The SMILES string of the molecule is CC(=O)[N+](O)(O[NH])C(c1ccc(OCc2ccc3ccccc3n2)cc1)C1CCCCCC1. The lowest BCUT2D eigenvalue weighted by Gasteiger charge is -2.34. The quantitative estimate of drug-likeness (QED) is 0.216. The Morgan fingerprint density at radius 2 is 1.76 bits per heavy atom. The summed E-state index contributed by atoms with van der Waals surface area (Å²) in [5, 5.41) is 12.1. The van der Waals surface area contributed by atoms with Gasteiger partial charge in [0.05, 0.1) is 18.1 Å². The second kappa shape index (κ2) is 10.4. The zero-order valence-corrected chi connectivity index (χ0v) is 18.9. The summed E-state index contributed by atoms with van der Waals surface area (Å²) in [5.41, 5.74) is 2.51. The summed E-state index contributed by atoms with van der Waals surface area (Å²) >= 11 is 0. The van der Waals surface area contributed by atoms with Crippen LogP contribution >= 0.6 is 0 Å². The van der Waals surface area contributed by atoms with Crippen LogP contribution in [0.5, 0.6) is 5.75 Å². The molecular weight excluding hydrogens is 418 g/mol. The fourth-order valence-electron chi connectivity index (χ4n) is 4.81. The highest BCUT2D eigenvalue weighted by Gasteiger charge is 2.50. The van der Waals surface area contributed by atoms with Crippen molar-refractivity contribution in [1.29, 1.82) is 0 Å². The number of rotatable bonds is 7. The number of nitrogens with one attached hydrogen (secondary N) is 1. The van der Waals surface area contributed by atoms with Crippen LogP contribution in [0.25, 0.3) is 10.9 Å². The Morgan fingerprint density at radius 3 is 2.42 bits per heavy atom. The summed E-state index contributed by atoms with van der Waals surface area (Å²) in [6.07, 6.45) is 6.13. The lowest BCUT2D eigenvalue weighted by molar-refractivity contribution is -1.22. The van der Waals surface area contributed by atoms with Crippen LogP contribution in [-0.4, -0.2) is 20.9 Å². The van der Waals surface area contributed by atoms with E-state index in [9.17, 15) is 10.0 Å². The van der Waals surface area contributed by atoms with Gasteiger partial charge in [-0.05, 0) is 60.1 Å². The van der Waals surface area contributed by atoms with Crippen molar-refractivity contribution in [2.75, 3.05) is 0 Å². The molecule has 0 spiro atoms. The molecule has 0 bridgehead atoms. The van der Waals surface area contributed by atoms with Gasteiger partial charge in [-0.3, -0.25) is 0 Å². The second-order valence-corrected chi connectivity index (χ2v) is 8.78. The van der Waals surface area contributed by atoms with Crippen molar-refractivity contribution in [2.45, 2.75) is 58.1 Å². The molecule has 7 nitrogen and oxygen atoms in total. The van der Waals surface area contributed by atoms with Crippen molar-refractivity contribution in [1.82, 2.24) is 10.9 Å². The molecule has 1 amide bonds. The molecule has 1 heterocycles. The third-order valence-corrected chi connectivity index (χ3v) is 6.58. The predicted octanol–water partition coefficient (Wildman–Crippen LogP) is 5.71. The smallest absolute Gasteiger partial charge is 0.378 e. The van der Waals surface area contributed by atoms with Crippen molar-refractivity contribution >= 4 is 16.8 Å². The van der Waals surface area contributed by atoms with Crippen molar-refractivity contribution in [3.63, 3.8) is 0 Å². The number of hydroxylamine groups is 4. The van der Waals surface area contributed by atoms with Crippen molar-refractivity contribution < 1.29 is 24.5 Å². The normalized spacial score (nSPS) is 17.8. The van der Waals surface area contributed by atoms with Crippen molar-refractivity contribution in [3.8, 4) is 5.75 Å². The zero-order valence-electron chi connectivity index (χ0n) is 18.9. The third kappa shape index (κ3) is 5.23. The third-order valence-electron chi connectivity index (χ3n) is 6.58. The van der Waals surface area contributed by atoms with E-state index in [2.05, 4.69) is 9.92 Å². The molecule has 1 aliphatic carbocycles. The average Bonchev–Trinajstić information content (AvgIpc) is 3.12. The number of carbonyl (C=O) groups is 1. The van der Waals surface area contributed by atoms with Gasteiger partial charge in [-0.1, -0.05) is 49.9 Å². The molecule has 1 saturated carbocycles. The zero-order chi connectivity index (χ0) is 23.3. The van der Waals surface area contributed by atoms with Crippen LogP contribution in [0.4, 0.5) is 0 Å². The highest BCUT2D eigenvalue weighted by atomic mass is 17.0. The van der Waals surface area contributed by atoms with E-state index in [0.717, 1.165) is 60.7 Å². The summed E-state index contributed by atoms with van der Waals surface area (Å²) < 4.78 is 5.94. The first-order chi connectivity index (χ1) is 16.0. The number of nitrogens with zero attached hydrogens (tertiary/aromatic N) is 2. The van der Waals surface area contributed by atoms with E-state index in [1.165, 1.54) is 6.92 Å². The summed E-state index contributed by atoms with van der Waals surface area (Å²) in [6.45, 7) is 1.59. The molecule has 2 aromatic carbocycles. The minimum absolute atomic E-state index is 0.0420. The van der Waals surface area contributed by atoms with Gasteiger partial charge < -0.3 is 4.74 Å². The maximum absolute atomic E-state index is 12.3. The number of pyridine rings is 1. The van der Waals surface area contributed by atoms with Gasteiger partial charge >= 0.3 is 5.91 Å². The van der Waals surface area contributed by atoms with Crippen LogP contribution in [0.1, 0.15) is 62.7 Å². The van der Waals surface area contributed by atoms with Crippen LogP contribution in [0.15, 0.2) is 60.7 Å². The molecule has 0 saturated heterocycles. The molecule has 1 aromatic heterocycles. The predicted molar refractivity (Wildman–Crippen MR) is 123 cm³/mol. The van der Waals surface area contributed by atoms with Crippen LogP contribution in [0.2, 0.25) is 0 Å². The Morgan fingerprint density at radius 1 is 1.06 bits per heavy atom. The van der Waals surface area contributed by atoms with Crippen molar-refractivity contribution in [2.24, 2.45) is 5.92 Å². The van der Waals surface area contributed by atoms with Gasteiger partial charge in [-0.2, -0.15) is 5.21 Å². The van der Waals surface area contributed by atoms with E-state index in [1.807, 2.05) is 60.7 Å². The molecule has 33 heavy (non-hydrogen) atoms. The van der Waals surface area contributed by atoms with Gasteiger partial charge in [0.15, 0.2) is 6.04 Å². The number of hydrogen-bond acceptors (Lipinski definition) is 5. The molecule has 2 N–H and O–H groups in total. The molecule has 3 aromatic rings. The first-order valence-corrected chi connectivity index (χ1v) is 11.6. The van der Waals surface area contributed by atoms with E-state index in [4.69, 9.17) is 10.6 Å². The minimum atomic E-state index is -1.37. The Balaban J connectivity index is 1.53. The molecule has 1 radical (unpaired) electrons. The fourth-order valence-corrected chi connectivity index (χ4v) is 4.81. The Bertz CT molecular complexity index is 1080. The molecule has 1 aliphatic rings. The van der Waals surface area contributed by atoms with E-state index in [0.29, 0.717) is 12.4 Å². The van der Waals surface area contributed by atoms with Gasteiger partial charge in [-0.15, -0.1) is 0 Å². The van der Waals surface area contributed by atoms with Crippen molar-refractivity contribution in [3.05, 3.63) is 71.9 Å². The first kappa shape index (κ1) is 23.3. The van der Waals surface area contributed by atoms with Crippen LogP contribution in [0.3, 0.4) is 0 Å². The molecule has 7 heteroatoms. The summed E-state index contributed by atoms with van der Waals surface area (Å²) in [6, 6.07) is 18.6. The Hall–Kier alpha value is -2.84. The lowest BCUT2D eigenvalue weighted by Crippen LogP contribution is -2.53. The topological polar surface area (TPSA) is 92.5 Å². The first-order valence-electron chi connectivity index (χ1n) is 11.6. The van der Waals surface area contributed by atoms with Gasteiger partial charge in [0.2, 0.25) is 0 Å². The summed E-state index contributed by atoms with van der Waals surface area (Å²) in [4.78, 5) is 20.2. The van der Waals surface area contributed by atoms with Gasteiger partial charge in [0, 0.05) is 21.7 Å². The van der Waals surface area contributed by atoms with E-state index in [1.54, 1.807) is 0 Å². The fraction of sp³-hybridized carbons (Fsp3) is 0.385. The van der Waals surface area contributed by atoms with Gasteiger partial charge in [0.25, 0.3) is 0 Å².